The largest absolute Gasteiger partial charge is 0.349 e. The van der Waals surface area contributed by atoms with E-state index in [1.54, 1.807) is 12.3 Å². The molecule has 114 valence electrons. The van der Waals surface area contributed by atoms with Gasteiger partial charge in [0.2, 0.25) is 0 Å². The van der Waals surface area contributed by atoms with Gasteiger partial charge in [0, 0.05) is 17.9 Å². The van der Waals surface area contributed by atoms with Gasteiger partial charge in [-0.25, -0.2) is 0 Å². The first-order chi connectivity index (χ1) is 10.1. The summed E-state index contributed by atoms with van der Waals surface area (Å²) < 4.78 is 0. The molecule has 3 rings (SSSR count). The molecule has 1 heterocycles. The van der Waals surface area contributed by atoms with Crippen LogP contribution in [0, 0.1) is 24.7 Å². The van der Waals surface area contributed by atoms with Crippen LogP contribution in [-0.4, -0.2) is 16.9 Å². The lowest BCUT2D eigenvalue weighted by Gasteiger charge is -2.28. The van der Waals surface area contributed by atoms with Crippen LogP contribution in [-0.2, 0) is 0 Å². The summed E-state index contributed by atoms with van der Waals surface area (Å²) in [5.74, 6) is 7.73. The van der Waals surface area contributed by atoms with Gasteiger partial charge in [0.1, 0.15) is 0 Å². The van der Waals surface area contributed by atoms with Crippen molar-refractivity contribution in [1.82, 2.24) is 10.3 Å². The van der Waals surface area contributed by atoms with Gasteiger partial charge in [-0.15, -0.1) is 0 Å². The highest BCUT2D eigenvalue weighted by Gasteiger charge is 2.42. The Kier molecular flexibility index (Phi) is 3.85. The third kappa shape index (κ3) is 2.75. The highest BCUT2D eigenvalue weighted by atomic mass is 16.1. The molecular weight excluding hydrogens is 264 g/mol. The molecule has 2 bridgehead atoms. The molecule has 4 unspecified atom stereocenters. The quantitative estimate of drug-likeness (QED) is 0.586. The minimum atomic E-state index is -0.0919. The normalized spacial score (nSPS) is 28.4. The van der Waals surface area contributed by atoms with Crippen LogP contribution in [0.4, 0.5) is 5.69 Å². The first-order valence-electron chi connectivity index (χ1n) is 7.82. The van der Waals surface area contributed by atoms with E-state index in [9.17, 15) is 4.79 Å². The Bertz CT molecular complexity index is 545. The van der Waals surface area contributed by atoms with Gasteiger partial charge in [0.15, 0.2) is 0 Å². The molecule has 0 radical (unpaired) electrons. The molecule has 0 saturated heterocycles. The Balaban J connectivity index is 1.68. The minimum Gasteiger partial charge on any atom is -0.349 e. The van der Waals surface area contributed by atoms with Gasteiger partial charge in [-0.3, -0.25) is 15.6 Å². The molecule has 2 aliphatic rings. The molecule has 2 aliphatic carbocycles. The number of fused-ring (bicyclic) bond motifs is 2. The van der Waals surface area contributed by atoms with E-state index < -0.39 is 0 Å². The van der Waals surface area contributed by atoms with Crippen molar-refractivity contribution < 1.29 is 4.79 Å². The predicted molar refractivity (Wildman–Crippen MR) is 82.7 cm³/mol. The van der Waals surface area contributed by atoms with Crippen LogP contribution < -0.4 is 16.6 Å². The molecule has 2 saturated carbocycles. The second-order valence-electron chi connectivity index (χ2n) is 6.62. The Morgan fingerprint density at radius 2 is 2.24 bits per heavy atom. The van der Waals surface area contributed by atoms with Gasteiger partial charge >= 0.3 is 0 Å². The fraction of sp³-hybridized carbons (Fsp3) is 0.625. The number of carbonyl (C=O) groups is 1. The summed E-state index contributed by atoms with van der Waals surface area (Å²) in [5.41, 5.74) is 4.56. The number of anilines is 1. The van der Waals surface area contributed by atoms with Crippen molar-refractivity contribution in [1.29, 1.82) is 0 Å². The van der Waals surface area contributed by atoms with Gasteiger partial charge in [-0.2, -0.15) is 0 Å². The van der Waals surface area contributed by atoms with Gasteiger partial charge in [0.25, 0.3) is 5.91 Å². The fourth-order valence-corrected chi connectivity index (χ4v) is 4.16. The number of hydrogen-bond acceptors (Lipinski definition) is 4. The van der Waals surface area contributed by atoms with Gasteiger partial charge in [-0.05, 0) is 56.9 Å². The van der Waals surface area contributed by atoms with Crippen LogP contribution >= 0.6 is 0 Å². The van der Waals surface area contributed by atoms with E-state index in [0.717, 1.165) is 17.5 Å². The van der Waals surface area contributed by atoms with Crippen LogP contribution in [0.3, 0.4) is 0 Å². The van der Waals surface area contributed by atoms with Crippen molar-refractivity contribution >= 4 is 11.6 Å². The first kappa shape index (κ1) is 14.3. The summed E-state index contributed by atoms with van der Waals surface area (Å²) >= 11 is 0. The van der Waals surface area contributed by atoms with E-state index in [-0.39, 0.29) is 11.9 Å². The standard InChI is InChI=1S/C16H24N4O/c1-9-5-15(20-17)14(8-18-9)16(21)19-10(2)13-7-11-3-4-12(13)6-11/h5,8,10-13H,3-4,6-7,17H2,1-2H3,(H,18,20)(H,19,21). The maximum absolute atomic E-state index is 12.5. The van der Waals surface area contributed by atoms with E-state index in [4.69, 9.17) is 5.84 Å². The molecule has 4 atom stereocenters. The number of pyridine rings is 1. The van der Waals surface area contributed by atoms with Crippen molar-refractivity contribution in [3.8, 4) is 0 Å². The highest BCUT2D eigenvalue weighted by molar-refractivity contribution is 5.99. The van der Waals surface area contributed by atoms with Gasteiger partial charge in [0.05, 0.1) is 11.3 Å². The van der Waals surface area contributed by atoms with Crippen LogP contribution in [0.15, 0.2) is 12.3 Å². The smallest absolute Gasteiger partial charge is 0.255 e. The summed E-state index contributed by atoms with van der Waals surface area (Å²) in [4.78, 5) is 16.7. The summed E-state index contributed by atoms with van der Waals surface area (Å²) in [6, 6.07) is 2.00. The maximum Gasteiger partial charge on any atom is 0.255 e. The lowest BCUT2D eigenvalue weighted by molar-refractivity contribution is 0.0915. The molecule has 21 heavy (non-hydrogen) atoms. The fourth-order valence-electron chi connectivity index (χ4n) is 4.16. The molecule has 0 spiro atoms. The number of nitrogens with one attached hydrogen (secondary N) is 2. The molecule has 0 aromatic carbocycles. The van der Waals surface area contributed by atoms with Crippen LogP contribution in [0.2, 0.25) is 0 Å². The second-order valence-corrected chi connectivity index (χ2v) is 6.62. The van der Waals surface area contributed by atoms with Crippen LogP contribution in [0.1, 0.15) is 48.7 Å². The van der Waals surface area contributed by atoms with Crippen molar-refractivity contribution in [3.05, 3.63) is 23.5 Å². The number of hydrogen-bond donors (Lipinski definition) is 3. The first-order valence-corrected chi connectivity index (χ1v) is 7.82. The Labute approximate surface area is 125 Å². The van der Waals surface area contributed by atoms with E-state index >= 15 is 0 Å². The summed E-state index contributed by atoms with van der Waals surface area (Å²) in [5, 5.41) is 3.14. The monoisotopic (exact) mass is 288 g/mol. The number of aryl methyl sites for hydroxylation is 1. The van der Waals surface area contributed by atoms with Gasteiger partial charge in [-0.1, -0.05) is 6.42 Å². The highest BCUT2D eigenvalue weighted by Crippen LogP contribution is 2.49. The molecule has 5 nitrogen and oxygen atoms in total. The number of carbonyl (C=O) groups excluding carboxylic acids is 1. The summed E-state index contributed by atoms with van der Waals surface area (Å²) in [7, 11) is 0. The lowest BCUT2D eigenvalue weighted by atomic mass is 9.84. The molecule has 1 amide bonds. The van der Waals surface area contributed by atoms with Crippen LogP contribution in [0.25, 0.3) is 0 Å². The average Bonchev–Trinajstić information content (AvgIpc) is 3.09. The zero-order valence-electron chi connectivity index (χ0n) is 12.7. The molecule has 1 aromatic heterocycles. The number of aromatic nitrogens is 1. The molecular formula is C16H24N4O. The third-order valence-corrected chi connectivity index (χ3v) is 5.23. The Morgan fingerprint density at radius 3 is 2.86 bits per heavy atom. The van der Waals surface area contributed by atoms with Crippen molar-refractivity contribution in [2.45, 2.75) is 45.6 Å². The maximum atomic E-state index is 12.5. The zero-order chi connectivity index (χ0) is 15.0. The molecule has 1 aromatic rings. The van der Waals surface area contributed by atoms with E-state index in [0.29, 0.717) is 17.2 Å². The van der Waals surface area contributed by atoms with Crippen LogP contribution in [0.5, 0.6) is 0 Å². The predicted octanol–water partition coefficient (Wildman–Crippen LogP) is 2.23. The van der Waals surface area contributed by atoms with Crippen molar-refractivity contribution in [3.63, 3.8) is 0 Å². The Hall–Kier alpha value is -1.62. The molecule has 5 heteroatoms. The minimum absolute atomic E-state index is 0.0919. The summed E-state index contributed by atoms with van der Waals surface area (Å²) in [6.07, 6.45) is 6.92. The lowest BCUT2D eigenvalue weighted by Crippen LogP contribution is -2.40. The van der Waals surface area contributed by atoms with Crippen molar-refractivity contribution in [2.75, 3.05) is 5.43 Å². The number of rotatable bonds is 4. The molecule has 0 aliphatic heterocycles. The number of nitrogens with zero attached hydrogens (tertiary/aromatic N) is 1. The number of hydrazine groups is 1. The molecule has 2 fully saturated rings. The second kappa shape index (κ2) is 5.64. The number of amides is 1. The van der Waals surface area contributed by atoms with E-state index in [1.807, 2.05) is 6.92 Å². The van der Waals surface area contributed by atoms with Gasteiger partial charge < -0.3 is 10.7 Å². The number of nitrogens with two attached hydrogens (primary N) is 1. The Morgan fingerprint density at radius 1 is 1.43 bits per heavy atom. The topological polar surface area (TPSA) is 80.0 Å². The zero-order valence-corrected chi connectivity index (χ0v) is 12.7. The summed E-state index contributed by atoms with van der Waals surface area (Å²) in [6.45, 7) is 4.00. The SMILES string of the molecule is Cc1cc(NN)c(C(=O)NC(C)C2CC3CCC2C3)cn1. The number of nitrogen functional groups attached to an aromatic ring is 1. The van der Waals surface area contributed by atoms with Crippen molar-refractivity contribution in [2.24, 2.45) is 23.6 Å². The van der Waals surface area contributed by atoms with E-state index in [1.165, 1.54) is 25.7 Å². The van der Waals surface area contributed by atoms with E-state index in [2.05, 4.69) is 22.7 Å². The molecule has 4 N–H and O–H groups in total. The third-order valence-electron chi connectivity index (χ3n) is 5.23. The average molecular weight is 288 g/mol.